The number of nitrogens with zero attached hydrogens (tertiary/aromatic N) is 5. The highest BCUT2D eigenvalue weighted by atomic mass is 19.1. The van der Waals surface area contributed by atoms with Gasteiger partial charge in [-0.3, -0.25) is 14.5 Å². The fourth-order valence-corrected chi connectivity index (χ4v) is 5.52. The largest absolute Gasteiger partial charge is 0.485 e. The highest BCUT2D eigenvalue weighted by Crippen LogP contribution is 2.35. The van der Waals surface area contributed by atoms with Crippen molar-refractivity contribution in [1.29, 1.82) is 0 Å². The van der Waals surface area contributed by atoms with E-state index in [1.807, 2.05) is 35.8 Å². The highest BCUT2D eigenvalue weighted by Gasteiger charge is 2.28. The van der Waals surface area contributed by atoms with Crippen LogP contribution in [0, 0.1) is 12.7 Å². The molecule has 2 aromatic carbocycles. The topological polar surface area (TPSA) is 83.7 Å². The summed E-state index contributed by atoms with van der Waals surface area (Å²) in [7, 11) is 0. The third kappa shape index (κ3) is 4.19. The minimum absolute atomic E-state index is 0.0275. The second-order valence-electron chi connectivity index (χ2n) is 9.79. The SMILES string of the molecule is Cc1ccc2c(N3CCN(CCc4cccc5c4OCc4c(C(=O)O)ncn4-5)[C@H](C)C3)cc(F)cc2n1. The number of aromatic nitrogens is 3. The van der Waals surface area contributed by atoms with Crippen molar-refractivity contribution in [3.63, 3.8) is 0 Å². The van der Waals surface area contributed by atoms with E-state index in [1.165, 1.54) is 6.07 Å². The third-order valence-electron chi connectivity index (χ3n) is 7.42. The summed E-state index contributed by atoms with van der Waals surface area (Å²) in [6.45, 7) is 7.62. The molecule has 0 unspecified atom stereocenters. The van der Waals surface area contributed by atoms with Crippen LogP contribution in [0.1, 0.15) is 34.4 Å². The molecule has 4 aromatic rings. The number of pyridine rings is 1. The Labute approximate surface area is 213 Å². The van der Waals surface area contributed by atoms with E-state index >= 15 is 0 Å². The van der Waals surface area contributed by atoms with Gasteiger partial charge in [0.15, 0.2) is 5.69 Å². The second kappa shape index (κ2) is 9.15. The molecule has 0 aliphatic carbocycles. The summed E-state index contributed by atoms with van der Waals surface area (Å²) >= 11 is 0. The minimum atomic E-state index is -1.05. The lowest BCUT2D eigenvalue weighted by Crippen LogP contribution is -2.52. The van der Waals surface area contributed by atoms with Crippen molar-refractivity contribution in [2.75, 3.05) is 31.1 Å². The molecule has 2 aliphatic rings. The number of imidazole rings is 1. The first kappa shape index (κ1) is 23.4. The first-order chi connectivity index (χ1) is 17.9. The van der Waals surface area contributed by atoms with Gasteiger partial charge in [0.05, 0.1) is 16.9 Å². The number of carboxylic acid groups (broad SMARTS) is 1. The van der Waals surface area contributed by atoms with Crippen LogP contribution in [-0.4, -0.2) is 62.7 Å². The number of aryl methyl sites for hydroxylation is 1. The van der Waals surface area contributed by atoms with Gasteiger partial charge in [0.1, 0.15) is 24.5 Å². The van der Waals surface area contributed by atoms with Crippen LogP contribution in [0.25, 0.3) is 16.6 Å². The van der Waals surface area contributed by atoms with Crippen molar-refractivity contribution in [2.24, 2.45) is 0 Å². The van der Waals surface area contributed by atoms with Gasteiger partial charge in [0.2, 0.25) is 0 Å². The molecule has 0 saturated carbocycles. The van der Waals surface area contributed by atoms with Gasteiger partial charge in [-0.2, -0.15) is 0 Å². The maximum absolute atomic E-state index is 14.4. The number of rotatable bonds is 5. The molecule has 1 atom stereocenters. The van der Waals surface area contributed by atoms with E-state index < -0.39 is 5.97 Å². The molecule has 0 bridgehead atoms. The van der Waals surface area contributed by atoms with Gasteiger partial charge in [-0.15, -0.1) is 0 Å². The lowest BCUT2D eigenvalue weighted by Gasteiger charge is -2.41. The van der Waals surface area contributed by atoms with Crippen molar-refractivity contribution in [3.8, 4) is 11.4 Å². The molecule has 8 nitrogen and oxygen atoms in total. The van der Waals surface area contributed by atoms with Gasteiger partial charge >= 0.3 is 5.97 Å². The third-order valence-corrected chi connectivity index (χ3v) is 7.42. The number of aromatic carboxylic acids is 1. The Hall–Kier alpha value is -3.98. The lowest BCUT2D eigenvalue weighted by molar-refractivity contribution is 0.0687. The summed E-state index contributed by atoms with van der Waals surface area (Å²) in [6, 6.07) is 13.4. The Morgan fingerprint density at radius 2 is 2.05 bits per heavy atom. The standard InChI is InChI=1S/C28H28FN5O3/c1-17-6-7-21-22(31-17)12-20(29)13-24(21)33-11-10-32(18(2)14-33)9-8-19-4-3-5-23-27(19)37-15-25-26(28(35)36)30-16-34(23)25/h3-7,12-13,16,18H,8-11,14-15H2,1-2H3,(H,35,36)/t18-/m1/s1. The number of carbonyl (C=O) groups is 1. The first-order valence-electron chi connectivity index (χ1n) is 12.5. The number of hydrogen-bond donors (Lipinski definition) is 1. The smallest absolute Gasteiger partial charge is 0.356 e. The Balaban J connectivity index is 1.17. The Morgan fingerprint density at radius 3 is 2.86 bits per heavy atom. The molecule has 1 saturated heterocycles. The number of piperazine rings is 1. The average Bonchev–Trinajstić information content (AvgIpc) is 3.32. The summed E-state index contributed by atoms with van der Waals surface area (Å²) in [4.78, 5) is 24.8. The van der Waals surface area contributed by atoms with E-state index in [2.05, 4.69) is 32.8 Å². The number of para-hydroxylation sites is 1. The predicted molar refractivity (Wildman–Crippen MR) is 138 cm³/mol. The molecular formula is C28H28FN5O3. The van der Waals surface area contributed by atoms with E-state index in [0.717, 1.165) is 66.4 Å². The van der Waals surface area contributed by atoms with E-state index in [4.69, 9.17) is 4.74 Å². The Bertz CT molecular complexity index is 1510. The molecule has 0 spiro atoms. The molecular weight excluding hydrogens is 473 g/mol. The van der Waals surface area contributed by atoms with Crippen molar-refractivity contribution >= 4 is 22.6 Å². The van der Waals surface area contributed by atoms with Crippen molar-refractivity contribution in [2.45, 2.75) is 32.9 Å². The summed E-state index contributed by atoms with van der Waals surface area (Å²) < 4.78 is 22.3. The van der Waals surface area contributed by atoms with Gasteiger partial charge in [-0.05, 0) is 50.1 Å². The number of benzene rings is 2. The number of carboxylic acids is 1. The van der Waals surface area contributed by atoms with Gasteiger partial charge in [-0.25, -0.2) is 14.2 Å². The molecule has 0 radical (unpaired) electrons. The molecule has 1 N–H and O–H groups in total. The Kier molecular flexibility index (Phi) is 5.79. The van der Waals surface area contributed by atoms with E-state index in [1.54, 1.807) is 12.4 Å². The van der Waals surface area contributed by atoms with Gasteiger partial charge < -0.3 is 14.7 Å². The number of fused-ring (bicyclic) bond motifs is 4. The maximum Gasteiger partial charge on any atom is 0.356 e. The first-order valence-corrected chi connectivity index (χ1v) is 12.5. The number of anilines is 1. The number of halogens is 1. The molecule has 4 heterocycles. The van der Waals surface area contributed by atoms with Crippen LogP contribution < -0.4 is 9.64 Å². The summed E-state index contributed by atoms with van der Waals surface area (Å²) in [5.74, 6) is -0.534. The van der Waals surface area contributed by atoms with E-state index in [9.17, 15) is 14.3 Å². The summed E-state index contributed by atoms with van der Waals surface area (Å²) in [6.07, 6.45) is 2.35. The number of ether oxygens (including phenoxy) is 1. The van der Waals surface area contributed by atoms with Crippen LogP contribution in [0.4, 0.5) is 10.1 Å². The van der Waals surface area contributed by atoms with Crippen molar-refractivity contribution in [3.05, 3.63) is 77.3 Å². The lowest BCUT2D eigenvalue weighted by atomic mass is 10.1. The maximum atomic E-state index is 14.4. The minimum Gasteiger partial charge on any atom is -0.485 e. The molecule has 1 fully saturated rings. The molecule has 9 heteroatoms. The normalized spacial score (nSPS) is 17.4. The monoisotopic (exact) mass is 501 g/mol. The van der Waals surface area contributed by atoms with Crippen molar-refractivity contribution < 1.29 is 19.0 Å². The summed E-state index contributed by atoms with van der Waals surface area (Å²) in [5.41, 5.74) is 4.95. The molecule has 37 heavy (non-hydrogen) atoms. The van der Waals surface area contributed by atoms with E-state index in [-0.39, 0.29) is 24.2 Å². The number of hydrogen-bond acceptors (Lipinski definition) is 6. The van der Waals surface area contributed by atoms with Gasteiger partial charge in [0, 0.05) is 55.1 Å². The predicted octanol–water partition coefficient (Wildman–Crippen LogP) is 4.21. The Morgan fingerprint density at radius 1 is 1.19 bits per heavy atom. The van der Waals surface area contributed by atoms with Crippen LogP contribution in [0.15, 0.2) is 48.8 Å². The van der Waals surface area contributed by atoms with Crippen LogP contribution in [0.5, 0.6) is 5.75 Å². The zero-order valence-corrected chi connectivity index (χ0v) is 20.8. The molecule has 6 rings (SSSR count). The van der Waals surface area contributed by atoms with Gasteiger partial charge in [0.25, 0.3) is 0 Å². The van der Waals surface area contributed by atoms with E-state index in [0.29, 0.717) is 11.2 Å². The van der Waals surface area contributed by atoms with Crippen LogP contribution in [0.2, 0.25) is 0 Å². The van der Waals surface area contributed by atoms with Crippen LogP contribution in [0.3, 0.4) is 0 Å². The molecule has 190 valence electrons. The van der Waals surface area contributed by atoms with Crippen LogP contribution >= 0.6 is 0 Å². The zero-order valence-electron chi connectivity index (χ0n) is 20.8. The van der Waals surface area contributed by atoms with Crippen LogP contribution in [-0.2, 0) is 13.0 Å². The fourth-order valence-electron chi connectivity index (χ4n) is 5.52. The second-order valence-corrected chi connectivity index (χ2v) is 9.79. The van der Waals surface area contributed by atoms with Gasteiger partial charge in [-0.1, -0.05) is 12.1 Å². The highest BCUT2D eigenvalue weighted by molar-refractivity contribution is 5.92. The average molecular weight is 502 g/mol. The quantitative estimate of drug-likeness (QED) is 0.439. The molecule has 2 aromatic heterocycles. The zero-order chi connectivity index (χ0) is 25.7. The molecule has 0 amide bonds. The molecule has 2 aliphatic heterocycles. The van der Waals surface area contributed by atoms with Crippen molar-refractivity contribution in [1.82, 2.24) is 19.4 Å². The summed E-state index contributed by atoms with van der Waals surface area (Å²) in [5, 5.41) is 10.4. The fraction of sp³-hybridized carbons (Fsp3) is 0.321.